The predicted molar refractivity (Wildman–Crippen MR) is 105 cm³/mol. The van der Waals surface area contributed by atoms with Gasteiger partial charge >= 0.3 is 0 Å². The number of carbonyl (C=O) groups is 1. The number of unbranched alkanes of at least 4 members (excludes halogenated alkanes) is 1. The lowest BCUT2D eigenvalue weighted by Crippen LogP contribution is -2.12. The first-order valence-electron chi connectivity index (χ1n) is 8.78. The van der Waals surface area contributed by atoms with Gasteiger partial charge in [0, 0.05) is 18.2 Å². The van der Waals surface area contributed by atoms with E-state index in [0.717, 1.165) is 35.5 Å². The minimum absolute atomic E-state index is 0.291. The molecule has 0 radical (unpaired) electrons. The van der Waals surface area contributed by atoms with Gasteiger partial charge in [-0.15, -0.1) is 10.2 Å². The fraction of sp³-hybridized carbons (Fsp3) is 0.211. The lowest BCUT2D eigenvalue weighted by molar-refractivity contribution is 0.102. The number of carbonyl (C=O) groups excluding carboxylic acids is 1. The van der Waals surface area contributed by atoms with Gasteiger partial charge in [-0.25, -0.2) is 9.50 Å². The van der Waals surface area contributed by atoms with Crippen molar-refractivity contribution in [2.24, 2.45) is 0 Å². The number of hydrogen-bond acceptors (Lipinski definition) is 6. The molecule has 27 heavy (non-hydrogen) atoms. The lowest BCUT2D eigenvalue weighted by atomic mass is 10.1. The van der Waals surface area contributed by atoms with E-state index < -0.39 is 0 Å². The fourth-order valence-corrected chi connectivity index (χ4v) is 3.55. The second-order valence-electron chi connectivity index (χ2n) is 6.05. The van der Waals surface area contributed by atoms with Crippen molar-refractivity contribution >= 4 is 28.0 Å². The summed E-state index contributed by atoms with van der Waals surface area (Å²) < 4.78 is 1.68. The van der Waals surface area contributed by atoms with Crippen molar-refractivity contribution in [2.75, 3.05) is 5.32 Å². The van der Waals surface area contributed by atoms with Crippen LogP contribution in [0.15, 0.2) is 48.8 Å². The molecular formula is C19H18N6OS. The zero-order valence-electron chi connectivity index (χ0n) is 14.8. The molecule has 0 bridgehead atoms. The van der Waals surface area contributed by atoms with E-state index in [4.69, 9.17) is 0 Å². The third kappa shape index (κ3) is 3.56. The highest BCUT2D eigenvalue weighted by Gasteiger charge is 2.17. The molecule has 136 valence electrons. The van der Waals surface area contributed by atoms with Crippen LogP contribution >= 0.6 is 11.3 Å². The topological polar surface area (TPSA) is 85.1 Å². The second kappa shape index (κ2) is 7.63. The van der Waals surface area contributed by atoms with Crippen LogP contribution < -0.4 is 5.32 Å². The molecule has 3 heterocycles. The monoisotopic (exact) mass is 378 g/mol. The smallest absolute Gasteiger partial charge is 0.262 e. The zero-order valence-corrected chi connectivity index (χ0v) is 15.6. The minimum atomic E-state index is -0.291. The van der Waals surface area contributed by atoms with E-state index in [2.05, 4.69) is 32.5 Å². The van der Waals surface area contributed by atoms with Crippen molar-refractivity contribution in [1.29, 1.82) is 0 Å². The van der Waals surface area contributed by atoms with Crippen LogP contribution in [0.25, 0.3) is 16.9 Å². The first-order valence-corrected chi connectivity index (χ1v) is 9.60. The summed E-state index contributed by atoms with van der Waals surface area (Å²) in [5.74, 6) is -0.291. The maximum atomic E-state index is 12.7. The van der Waals surface area contributed by atoms with E-state index in [-0.39, 0.29) is 5.91 Å². The summed E-state index contributed by atoms with van der Waals surface area (Å²) in [5, 5.41) is 16.8. The highest BCUT2D eigenvalue weighted by atomic mass is 32.1. The quantitative estimate of drug-likeness (QED) is 0.551. The Hall–Kier alpha value is -3.13. The third-order valence-electron chi connectivity index (χ3n) is 4.15. The number of aromatic nitrogens is 5. The predicted octanol–water partition coefficient (Wildman–Crippen LogP) is 3.84. The van der Waals surface area contributed by atoms with E-state index in [0.29, 0.717) is 16.3 Å². The van der Waals surface area contributed by atoms with E-state index in [9.17, 15) is 4.79 Å². The third-order valence-corrected chi connectivity index (χ3v) is 5.05. The van der Waals surface area contributed by atoms with Crippen molar-refractivity contribution in [3.8, 4) is 11.3 Å². The number of fused-ring (bicyclic) bond motifs is 1. The van der Waals surface area contributed by atoms with Gasteiger partial charge in [0.05, 0.1) is 11.9 Å². The normalized spacial score (nSPS) is 11.0. The van der Waals surface area contributed by atoms with Crippen molar-refractivity contribution in [2.45, 2.75) is 26.2 Å². The average molecular weight is 378 g/mol. The fourth-order valence-electron chi connectivity index (χ4n) is 2.78. The molecule has 7 nitrogen and oxygen atoms in total. The molecule has 1 amide bonds. The number of nitrogens with one attached hydrogen (secondary N) is 1. The second-order valence-corrected chi connectivity index (χ2v) is 7.11. The van der Waals surface area contributed by atoms with Crippen LogP contribution in [-0.4, -0.2) is 30.7 Å². The van der Waals surface area contributed by atoms with E-state index in [1.807, 2.05) is 36.4 Å². The molecule has 4 rings (SSSR count). The Morgan fingerprint density at radius 2 is 2.04 bits per heavy atom. The van der Waals surface area contributed by atoms with Gasteiger partial charge in [-0.2, -0.15) is 5.10 Å². The number of amides is 1. The summed E-state index contributed by atoms with van der Waals surface area (Å²) in [7, 11) is 0. The lowest BCUT2D eigenvalue weighted by Gasteiger charge is -2.04. The van der Waals surface area contributed by atoms with E-state index in [1.54, 1.807) is 10.7 Å². The standard InChI is InChI=1S/C19H18N6OS/c1-2-3-9-16-23-24-19(27-16)22-18(26)14-12-21-25-15(10-11-20-17(14)25)13-7-5-4-6-8-13/h4-8,10-12H,2-3,9H2,1H3,(H,22,24,26). The van der Waals surface area contributed by atoms with Crippen LogP contribution in [0.1, 0.15) is 35.1 Å². The first-order chi connectivity index (χ1) is 13.3. The van der Waals surface area contributed by atoms with Crippen LogP contribution in [0.4, 0.5) is 5.13 Å². The zero-order chi connectivity index (χ0) is 18.6. The van der Waals surface area contributed by atoms with Gasteiger partial charge in [0.25, 0.3) is 5.91 Å². The maximum absolute atomic E-state index is 12.7. The molecule has 0 saturated heterocycles. The summed E-state index contributed by atoms with van der Waals surface area (Å²) in [6.07, 6.45) is 6.25. The van der Waals surface area contributed by atoms with Crippen LogP contribution in [0, 0.1) is 0 Å². The van der Waals surface area contributed by atoms with Gasteiger partial charge in [0.2, 0.25) is 5.13 Å². The highest BCUT2D eigenvalue weighted by molar-refractivity contribution is 7.15. The van der Waals surface area contributed by atoms with Gasteiger partial charge in [-0.3, -0.25) is 10.1 Å². The van der Waals surface area contributed by atoms with Crippen LogP contribution in [0.5, 0.6) is 0 Å². The largest absolute Gasteiger partial charge is 0.296 e. The van der Waals surface area contributed by atoms with Crippen molar-refractivity contribution in [3.63, 3.8) is 0 Å². The van der Waals surface area contributed by atoms with Gasteiger partial charge in [-0.1, -0.05) is 55.0 Å². The molecule has 0 aliphatic carbocycles. The number of benzene rings is 1. The molecule has 3 aromatic heterocycles. The van der Waals surface area contributed by atoms with E-state index >= 15 is 0 Å². The number of nitrogens with zero attached hydrogens (tertiary/aromatic N) is 5. The molecule has 1 aromatic carbocycles. The van der Waals surface area contributed by atoms with Gasteiger partial charge in [0.1, 0.15) is 10.6 Å². The first kappa shape index (κ1) is 17.3. The molecule has 0 fully saturated rings. The molecule has 0 unspecified atom stereocenters. The van der Waals surface area contributed by atoms with E-state index in [1.165, 1.54) is 17.5 Å². The number of anilines is 1. The number of hydrogen-bond donors (Lipinski definition) is 1. The van der Waals surface area contributed by atoms with Crippen molar-refractivity contribution < 1.29 is 4.79 Å². The molecule has 0 saturated carbocycles. The Kier molecular flexibility index (Phi) is 4.88. The molecule has 0 spiro atoms. The van der Waals surface area contributed by atoms with Crippen LogP contribution in [0.3, 0.4) is 0 Å². The Morgan fingerprint density at radius 3 is 2.85 bits per heavy atom. The maximum Gasteiger partial charge on any atom is 0.262 e. The Balaban J connectivity index is 1.60. The molecule has 8 heteroatoms. The molecule has 1 N–H and O–H groups in total. The number of rotatable bonds is 6. The van der Waals surface area contributed by atoms with Gasteiger partial charge in [0.15, 0.2) is 5.65 Å². The summed E-state index contributed by atoms with van der Waals surface area (Å²) >= 11 is 1.40. The van der Waals surface area contributed by atoms with Crippen LogP contribution in [0.2, 0.25) is 0 Å². The Morgan fingerprint density at radius 1 is 1.19 bits per heavy atom. The average Bonchev–Trinajstić information content (AvgIpc) is 3.33. The molecule has 4 aromatic rings. The summed E-state index contributed by atoms with van der Waals surface area (Å²) in [4.78, 5) is 17.0. The van der Waals surface area contributed by atoms with Crippen molar-refractivity contribution in [1.82, 2.24) is 24.8 Å². The minimum Gasteiger partial charge on any atom is -0.296 e. The Labute approximate surface area is 160 Å². The molecule has 0 atom stereocenters. The van der Waals surface area contributed by atoms with Gasteiger partial charge < -0.3 is 0 Å². The summed E-state index contributed by atoms with van der Waals surface area (Å²) in [5.41, 5.74) is 2.78. The highest BCUT2D eigenvalue weighted by Crippen LogP contribution is 2.22. The number of aryl methyl sites for hydroxylation is 1. The molecule has 0 aliphatic rings. The van der Waals surface area contributed by atoms with Gasteiger partial charge in [-0.05, 0) is 12.5 Å². The summed E-state index contributed by atoms with van der Waals surface area (Å²) in [6, 6.07) is 11.8. The SMILES string of the molecule is CCCCc1nnc(NC(=O)c2cnn3c(-c4ccccc4)ccnc23)s1. The molecular weight excluding hydrogens is 360 g/mol. The van der Waals surface area contributed by atoms with Crippen LogP contribution in [-0.2, 0) is 6.42 Å². The Bertz CT molecular complexity index is 1070. The summed E-state index contributed by atoms with van der Waals surface area (Å²) in [6.45, 7) is 2.13. The van der Waals surface area contributed by atoms with Crippen molar-refractivity contribution in [3.05, 3.63) is 59.4 Å². The molecule has 0 aliphatic heterocycles.